The number of nitrogens with one attached hydrogen (secondary N) is 2. The Bertz CT molecular complexity index is 761. The molecule has 154 valence electrons. The van der Waals surface area contributed by atoms with Gasteiger partial charge in [0.05, 0.1) is 6.67 Å². The van der Waals surface area contributed by atoms with E-state index in [4.69, 9.17) is 0 Å². The van der Waals surface area contributed by atoms with Crippen molar-refractivity contribution in [1.29, 1.82) is 0 Å². The minimum atomic E-state index is -0.316. The van der Waals surface area contributed by atoms with Crippen LogP contribution in [0.15, 0.2) is 0 Å². The molecule has 6 nitrogen and oxygen atoms in total. The summed E-state index contributed by atoms with van der Waals surface area (Å²) in [5, 5.41) is 3.07. The van der Waals surface area contributed by atoms with Crippen molar-refractivity contribution >= 4 is 11.7 Å². The minimum absolute atomic E-state index is 0.0871. The van der Waals surface area contributed by atoms with E-state index in [1.165, 1.54) is 0 Å². The van der Waals surface area contributed by atoms with Crippen LogP contribution in [0.1, 0.15) is 66.3 Å². The zero-order valence-electron chi connectivity index (χ0n) is 17.6. The van der Waals surface area contributed by atoms with Crippen molar-refractivity contribution < 1.29 is 9.59 Å². The van der Waals surface area contributed by atoms with E-state index in [0.717, 1.165) is 87.2 Å². The number of likely N-dealkylation sites (tertiary alicyclic amines) is 1. The van der Waals surface area contributed by atoms with Crippen LogP contribution in [-0.2, 0) is 11.2 Å². The van der Waals surface area contributed by atoms with Gasteiger partial charge in [0.25, 0.3) is 0 Å². The van der Waals surface area contributed by atoms with Gasteiger partial charge in [-0.15, -0.1) is 0 Å². The highest BCUT2D eigenvalue weighted by Crippen LogP contribution is 2.34. The molecule has 2 saturated heterocycles. The molecule has 2 aliphatic heterocycles. The van der Waals surface area contributed by atoms with E-state index in [1.807, 2.05) is 0 Å². The van der Waals surface area contributed by atoms with Crippen molar-refractivity contribution in [3.8, 4) is 0 Å². The number of aromatic nitrogens is 1. The molecule has 0 saturated carbocycles. The molecular weight excluding hydrogens is 352 g/mol. The molecule has 2 N–H and O–H groups in total. The molecule has 4 rings (SSSR count). The number of piperidine rings is 1. The van der Waals surface area contributed by atoms with Crippen LogP contribution in [0.3, 0.4) is 0 Å². The average Bonchev–Trinajstić information content (AvgIpc) is 3.15. The quantitative estimate of drug-likeness (QED) is 0.815. The lowest BCUT2D eigenvalue weighted by atomic mass is 9.82. The van der Waals surface area contributed by atoms with Crippen LogP contribution in [0.25, 0.3) is 0 Å². The number of fused-ring (bicyclic) bond motifs is 1. The maximum atomic E-state index is 13.1. The van der Waals surface area contributed by atoms with Crippen LogP contribution in [0.5, 0.6) is 0 Å². The Morgan fingerprint density at radius 3 is 2.64 bits per heavy atom. The molecule has 2 fully saturated rings. The Morgan fingerprint density at radius 2 is 1.93 bits per heavy atom. The first-order valence-electron chi connectivity index (χ1n) is 10.9. The summed E-state index contributed by atoms with van der Waals surface area (Å²) in [4.78, 5) is 33.9. The summed E-state index contributed by atoms with van der Waals surface area (Å²) >= 11 is 0. The van der Waals surface area contributed by atoms with Crippen molar-refractivity contribution in [3.05, 3.63) is 22.5 Å². The molecule has 1 aromatic rings. The Morgan fingerprint density at radius 1 is 1.18 bits per heavy atom. The molecule has 1 atom stereocenters. The molecule has 1 spiro atoms. The number of aryl methyl sites for hydroxylation is 2. The van der Waals surface area contributed by atoms with Gasteiger partial charge in [0, 0.05) is 49.0 Å². The van der Waals surface area contributed by atoms with Gasteiger partial charge in [-0.05, 0) is 51.5 Å². The van der Waals surface area contributed by atoms with Gasteiger partial charge < -0.3 is 15.2 Å². The number of carbonyl (C=O) groups excluding carboxylic acids is 2. The van der Waals surface area contributed by atoms with Crippen LogP contribution < -0.4 is 5.32 Å². The fourth-order valence-electron chi connectivity index (χ4n) is 5.37. The van der Waals surface area contributed by atoms with E-state index >= 15 is 0 Å². The smallest absolute Gasteiger partial charge is 0.241 e. The van der Waals surface area contributed by atoms with Gasteiger partial charge in [0.2, 0.25) is 5.91 Å². The third-order valence-electron chi connectivity index (χ3n) is 7.34. The maximum Gasteiger partial charge on any atom is 0.241 e. The van der Waals surface area contributed by atoms with Crippen LogP contribution in [-0.4, -0.2) is 64.9 Å². The number of carbonyl (C=O) groups is 2. The monoisotopic (exact) mass is 386 g/mol. The molecule has 0 bridgehead atoms. The Kier molecular flexibility index (Phi) is 5.36. The van der Waals surface area contributed by atoms with E-state index < -0.39 is 0 Å². The van der Waals surface area contributed by atoms with Gasteiger partial charge in [-0.3, -0.25) is 14.5 Å². The van der Waals surface area contributed by atoms with E-state index in [-0.39, 0.29) is 17.4 Å². The second-order valence-electron chi connectivity index (χ2n) is 8.94. The summed E-state index contributed by atoms with van der Waals surface area (Å²) in [6.07, 6.45) is 5.92. The summed E-state index contributed by atoms with van der Waals surface area (Å²) in [5.41, 5.74) is 4.00. The standard InChI is InChI=1S/C22H34N4O2/c1-4-5-10-26-14-23-21(28)22(26)8-11-25(12-9-22)13-17-6-7-18-19(20(17)27)15(2)16(3)24-18/h17,24H,4-14H2,1-3H3,(H,23,28). The van der Waals surface area contributed by atoms with Gasteiger partial charge in [0.1, 0.15) is 5.54 Å². The molecule has 3 heterocycles. The van der Waals surface area contributed by atoms with Crippen molar-refractivity contribution in [1.82, 2.24) is 20.1 Å². The normalized spacial score (nSPS) is 25.3. The van der Waals surface area contributed by atoms with Gasteiger partial charge in [0.15, 0.2) is 5.78 Å². The van der Waals surface area contributed by atoms with Crippen molar-refractivity contribution in [2.24, 2.45) is 5.92 Å². The fourth-order valence-corrected chi connectivity index (χ4v) is 5.37. The number of aromatic amines is 1. The minimum Gasteiger partial charge on any atom is -0.362 e. The predicted octanol–water partition coefficient (Wildman–Crippen LogP) is 2.40. The van der Waals surface area contributed by atoms with Crippen LogP contribution in [0, 0.1) is 19.8 Å². The maximum absolute atomic E-state index is 13.1. The summed E-state index contributed by atoms with van der Waals surface area (Å²) in [5.74, 6) is 0.607. The number of Topliss-reactive ketones (excluding diaryl/α,β-unsaturated/α-hetero) is 1. The molecule has 6 heteroatoms. The van der Waals surface area contributed by atoms with E-state index in [9.17, 15) is 9.59 Å². The highest BCUT2D eigenvalue weighted by atomic mass is 16.2. The zero-order chi connectivity index (χ0) is 19.9. The number of H-pyrrole nitrogens is 1. The lowest BCUT2D eigenvalue weighted by Crippen LogP contribution is -2.57. The number of ketones is 1. The Hall–Kier alpha value is -1.66. The first-order chi connectivity index (χ1) is 13.5. The van der Waals surface area contributed by atoms with Crippen LogP contribution in [0.2, 0.25) is 0 Å². The Balaban J connectivity index is 1.39. The lowest BCUT2D eigenvalue weighted by Gasteiger charge is -2.43. The summed E-state index contributed by atoms with van der Waals surface area (Å²) < 4.78 is 0. The predicted molar refractivity (Wildman–Crippen MR) is 109 cm³/mol. The van der Waals surface area contributed by atoms with Crippen molar-refractivity contribution in [3.63, 3.8) is 0 Å². The highest BCUT2D eigenvalue weighted by Gasteiger charge is 2.49. The number of hydrogen-bond acceptors (Lipinski definition) is 4. The number of hydrogen-bond donors (Lipinski definition) is 2. The number of rotatable bonds is 5. The summed E-state index contributed by atoms with van der Waals surface area (Å²) in [6, 6.07) is 0. The first kappa shape index (κ1) is 19.6. The van der Waals surface area contributed by atoms with Gasteiger partial charge >= 0.3 is 0 Å². The summed E-state index contributed by atoms with van der Waals surface area (Å²) in [7, 11) is 0. The molecule has 0 aromatic carbocycles. The number of amides is 1. The second-order valence-corrected chi connectivity index (χ2v) is 8.94. The van der Waals surface area contributed by atoms with E-state index in [2.05, 4.69) is 40.9 Å². The van der Waals surface area contributed by atoms with E-state index in [1.54, 1.807) is 0 Å². The van der Waals surface area contributed by atoms with Crippen molar-refractivity contribution in [2.75, 3.05) is 32.8 Å². The number of nitrogens with zero attached hydrogens (tertiary/aromatic N) is 2. The molecule has 1 unspecified atom stereocenters. The van der Waals surface area contributed by atoms with Gasteiger partial charge in [-0.1, -0.05) is 13.3 Å². The first-order valence-corrected chi connectivity index (χ1v) is 10.9. The van der Waals surface area contributed by atoms with Crippen molar-refractivity contribution in [2.45, 2.75) is 64.8 Å². The molecule has 28 heavy (non-hydrogen) atoms. The van der Waals surface area contributed by atoms with Crippen LogP contribution in [0.4, 0.5) is 0 Å². The molecule has 3 aliphatic rings. The third-order valence-corrected chi connectivity index (χ3v) is 7.34. The fraction of sp³-hybridized carbons (Fsp3) is 0.727. The Labute approximate surface area is 168 Å². The highest BCUT2D eigenvalue weighted by molar-refractivity contribution is 6.01. The largest absolute Gasteiger partial charge is 0.362 e. The third kappa shape index (κ3) is 3.20. The molecule has 1 aliphatic carbocycles. The summed E-state index contributed by atoms with van der Waals surface area (Å²) in [6.45, 7) is 10.6. The molecule has 1 aromatic heterocycles. The zero-order valence-corrected chi connectivity index (χ0v) is 17.6. The molecule has 1 amide bonds. The number of unbranched alkanes of at least 4 members (excludes halogenated alkanes) is 1. The molecule has 0 radical (unpaired) electrons. The van der Waals surface area contributed by atoms with E-state index in [0.29, 0.717) is 12.5 Å². The van der Waals surface area contributed by atoms with Crippen LogP contribution >= 0.6 is 0 Å². The second kappa shape index (κ2) is 7.64. The van der Waals surface area contributed by atoms with Gasteiger partial charge in [-0.25, -0.2) is 0 Å². The lowest BCUT2D eigenvalue weighted by molar-refractivity contribution is -0.129. The molecular formula is C22H34N4O2. The SMILES string of the molecule is CCCCN1CNC(=O)C12CCN(CC1CCc3[nH]c(C)c(C)c3C1=O)CC2. The average molecular weight is 387 g/mol. The topological polar surface area (TPSA) is 68.4 Å². The van der Waals surface area contributed by atoms with Gasteiger partial charge in [-0.2, -0.15) is 0 Å².